The Labute approximate surface area is 184 Å². The van der Waals surface area contributed by atoms with Gasteiger partial charge in [-0.2, -0.15) is 0 Å². The summed E-state index contributed by atoms with van der Waals surface area (Å²) in [6, 6.07) is 27.1. The second kappa shape index (κ2) is 11.1. The minimum Gasteiger partial charge on any atom is -0.355 e. The van der Waals surface area contributed by atoms with Crippen LogP contribution in [0.25, 0.3) is 0 Å². The Morgan fingerprint density at radius 2 is 1.39 bits per heavy atom. The summed E-state index contributed by atoms with van der Waals surface area (Å²) in [4.78, 5) is 28.3. The molecule has 31 heavy (non-hydrogen) atoms. The first-order chi connectivity index (χ1) is 15.1. The van der Waals surface area contributed by atoms with Crippen molar-refractivity contribution in [1.29, 1.82) is 0 Å². The predicted molar refractivity (Wildman–Crippen MR) is 124 cm³/mol. The van der Waals surface area contributed by atoms with Gasteiger partial charge >= 0.3 is 0 Å². The minimum absolute atomic E-state index is 0.0557. The van der Waals surface area contributed by atoms with Gasteiger partial charge in [0.2, 0.25) is 11.8 Å². The maximum atomic E-state index is 13.5. The molecule has 0 aliphatic rings. The van der Waals surface area contributed by atoms with Crippen LogP contribution in [0.15, 0.2) is 84.9 Å². The van der Waals surface area contributed by atoms with E-state index in [9.17, 15) is 9.59 Å². The van der Waals surface area contributed by atoms with E-state index in [-0.39, 0.29) is 18.2 Å². The zero-order valence-corrected chi connectivity index (χ0v) is 18.3. The summed E-state index contributed by atoms with van der Waals surface area (Å²) in [5.74, 6) is -0.181. The summed E-state index contributed by atoms with van der Waals surface area (Å²) in [7, 11) is 0. The van der Waals surface area contributed by atoms with Gasteiger partial charge in [-0.05, 0) is 30.5 Å². The fourth-order valence-electron chi connectivity index (χ4n) is 3.61. The lowest BCUT2D eigenvalue weighted by atomic mass is 10.0. The van der Waals surface area contributed by atoms with Crippen molar-refractivity contribution < 1.29 is 9.59 Å². The summed E-state index contributed by atoms with van der Waals surface area (Å²) < 4.78 is 0. The van der Waals surface area contributed by atoms with Crippen LogP contribution in [0.5, 0.6) is 0 Å². The van der Waals surface area contributed by atoms with Crippen LogP contribution in [-0.4, -0.2) is 29.3 Å². The summed E-state index contributed by atoms with van der Waals surface area (Å²) in [6.45, 7) is 4.83. The van der Waals surface area contributed by atoms with Crippen LogP contribution in [0.1, 0.15) is 29.2 Å². The molecule has 2 amide bonds. The van der Waals surface area contributed by atoms with E-state index in [1.807, 2.05) is 98.8 Å². The lowest BCUT2D eigenvalue weighted by Gasteiger charge is -2.31. The van der Waals surface area contributed by atoms with Crippen LogP contribution in [0, 0.1) is 6.92 Å². The Morgan fingerprint density at radius 1 is 0.806 bits per heavy atom. The largest absolute Gasteiger partial charge is 0.355 e. The molecule has 3 rings (SSSR count). The molecule has 4 nitrogen and oxygen atoms in total. The summed E-state index contributed by atoms with van der Waals surface area (Å²) in [6.07, 6.45) is 0.733. The molecule has 0 aromatic heterocycles. The highest BCUT2D eigenvalue weighted by Gasteiger charge is 2.30. The topological polar surface area (TPSA) is 49.4 Å². The minimum atomic E-state index is -0.583. The molecule has 0 bridgehead atoms. The van der Waals surface area contributed by atoms with Crippen molar-refractivity contribution >= 4 is 11.8 Å². The molecule has 0 saturated heterocycles. The van der Waals surface area contributed by atoms with Crippen LogP contribution >= 0.6 is 0 Å². The van der Waals surface area contributed by atoms with Crippen LogP contribution in [0.2, 0.25) is 0 Å². The van der Waals surface area contributed by atoms with Crippen molar-refractivity contribution in [2.45, 2.75) is 39.3 Å². The second-order valence-electron chi connectivity index (χ2n) is 7.77. The van der Waals surface area contributed by atoms with E-state index in [0.29, 0.717) is 19.5 Å². The zero-order valence-electron chi connectivity index (χ0n) is 18.3. The van der Waals surface area contributed by atoms with Crippen molar-refractivity contribution in [3.63, 3.8) is 0 Å². The van der Waals surface area contributed by atoms with Gasteiger partial charge in [0.15, 0.2) is 0 Å². The number of nitrogens with one attached hydrogen (secondary N) is 1. The Bertz CT molecular complexity index is 969. The van der Waals surface area contributed by atoms with E-state index >= 15 is 0 Å². The fourth-order valence-corrected chi connectivity index (χ4v) is 3.61. The van der Waals surface area contributed by atoms with E-state index in [1.54, 1.807) is 4.90 Å². The molecular weight excluding hydrogens is 384 g/mol. The van der Waals surface area contributed by atoms with Gasteiger partial charge in [-0.3, -0.25) is 9.59 Å². The molecule has 0 saturated carbocycles. The lowest BCUT2D eigenvalue weighted by molar-refractivity contribution is -0.140. The first-order valence-corrected chi connectivity index (χ1v) is 10.8. The number of carbonyl (C=O) groups excluding carboxylic acids is 2. The van der Waals surface area contributed by atoms with Crippen molar-refractivity contribution in [3.05, 3.63) is 107 Å². The number of hydrogen-bond acceptors (Lipinski definition) is 2. The SMILES string of the molecule is CCNC(=O)C(Cc1ccccc1)N(Cc1ccccc1)C(=O)Cc1ccc(C)cc1. The first kappa shape index (κ1) is 22.3. The maximum Gasteiger partial charge on any atom is 0.243 e. The van der Waals surface area contributed by atoms with Gasteiger partial charge in [0.1, 0.15) is 6.04 Å². The Hall–Kier alpha value is -3.40. The number of rotatable bonds is 9. The average Bonchev–Trinajstić information content (AvgIpc) is 2.79. The summed E-state index contributed by atoms with van der Waals surface area (Å²) in [5, 5.41) is 2.93. The molecule has 1 N–H and O–H groups in total. The molecule has 3 aromatic carbocycles. The van der Waals surface area contributed by atoms with E-state index in [4.69, 9.17) is 0 Å². The smallest absolute Gasteiger partial charge is 0.243 e. The summed E-state index contributed by atoms with van der Waals surface area (Å²) >= 11 is 0. The lowest BCUT2D eigenvalue weighted by Crippen LogP contribution is -2.50. The van der Waals surface area contributed by atoms with Crippen LogP contribution in [0.3, 0.4) is 0 Å². The quantitative estimate of drug-likeness (QED) is 0.567. The van der Waals surface area contributed by atoms with E-state index in [1.165, 1.54) is 0 Å². The molecule has 160 valence electrons. The zero-order chi connectivity index (χ0) is 22.1. The second-order valence-corrected chi connectivity index (χ2v) is 7.77. The highest BCUT2D eigenvalue weighted by molar-refractivity contribution is 5.88. The monoisotopic (exact) mass is 414 g/mol. The van der Waals surface area contributed by atoms with Crippen LogP contribution in [-0.2, 0) is 29.0 Å². The number of hydrogen-bond donors (Lipinski definition) is 1. The van der Waals surface area contributed by atoms with Gasteiger partial charge in [0.05, 0.1) is 6.42 Å². The number of nitrogens with zero attached hydrogens (tertiary/aromatic N) is 1. The molecule has 0 radical (unpaired) electrons. The van der Waals surface area contributed by atoms with Crippen molar-refractivity contribution in [1.82, 2.24) is 10.2 Å². The third kappa shape index (κ3) is 6.54. The highest BCUT2D eigenvalue weighted by Crippen LogP contribution is 2.17. The molecular formula is C27H30N2O2. The van der Waals surface area contributed by atoms with Crippen LogP contribution < -0.4 is 5.32 Å². The van der Waals surface area contributed by atoms with Crippen molar-refractivity contribution in [3.8, 4) is 0 Å². The Morgan fingerprint density at radius 3 is 1.97 bits per heavy atom. The standard InChI is InChI=1S/C27H30N2O2/c1-3-28-27(31)25(18-22-10-6-4-7-11-22)29(20-24-12-8-5-9-13-24)26(30)19-23-16-14-21(2)15-17-23/h4-17,25H,3,18-20H2,1-2H3,(H,28,31). The van der Waals surface area contributed by atoms with Gasteiger partial charge in [-0.25, -0.2) is 0 Å². The average molecular weight is 415 g/mol. The van der Waals surface area contributed by atoms with Gasteiger partial charge in [0, 0.05) is 19.5 Å². The number of likely N-dealkylation sites (N-methyl/N-ethyl adjacent to an activating group) is 1. The van der Waals surface area contributed by atoms with Gasteiger partial charge < -0.3 is 10.2 Å². The Balaban J connectivity index is 1.92. The van der Waals surface area contributed by atoms with Crippen molar-refractivity contribution in [2.24, 2.45) is 0 Å². The van der Waals surface area contributed by atoms with Crippen LogP contribution in [0.4, 0.5) is 0 Å². The number of aryl methyl sites for hydroxylation is 1. The van der Waals surface area contributed by atoms with E-state index in [2.05, 4.69) is 5.32 Å². The molecule has 3 aromatic rings. The third-order valence-electron chi connectivity index (χ3n) is 5.29. The van der Waals surface area contributed by atoms with Gasteiger partial charge in [-0.15, -0.1) is 0 Å². The van der Waals surface area contributed by atoms with E-state index < -0.39 is 6.04 Å². The molecule has 0 aliphatic carbocycles. The molecule has 1 atom stereocenters. The van der Waals surface area contributed by atoms with E-state index in [0.717, 1.165) is 22.3 Å². The van der Waals surface area contributed by atoms with Gasteiger partial charge in [0.25, 0.3) is 0 Å². The molecule has 0 fully saturated rings. The number of benzene rings is 3. The normalized spacial score (nSPS) is 11.5. The number of carbonyl (C=O) groups is 2. The fraction of sp³-hybridized carbons (Fsp3) is 0.259. The van der Waals surface area contributed by atoms with Gasteiger partial charge in [-0.1, -0.05) is 90.5 Å². The highest BCUT2D eigenvalue weighted by atomic mass is 16.2. The molecule has 4 heteroatoms. The molecule has 0 aliphatic heterocycles. The molecule has 0 spiro atoms. The molecule has 0 heterocycles. The summed E-state index contributed by atoms with van der Waals surface area (Å²) in [5.41, 5.74) is 4.13. The molecule has 1 unspecified atom stereocenters. The maximum absolute atomic E-state index is 13.5. The Kier molecular flexibility index (Phi) is 7.99. The third-order valence-corrected chi connectivity index (χ3v) is 5.29. The first-order valence-electron chi connectivity index (χ1n) is 10.8. The van der Waals surface area contributed by atoms with Crippen molar-refractivity contribution in [2.75, 3.05) is 6.54 Å². The number of amides is 2. The predicted octanol–water partition coefficient (Wildman–Crippen LogP) is 4.31.